The lowest BCUT2D eigenvalue weighted by atomic mass is 9.77. The zero-order chi connectivity index (χ0) is 46.4. The number of halogens is 1. The van der Waals surface area contributed by atoms with Crippen LogP contribution in [0.25, 0.3) is 87.5 Å². The summed E-state index contributed by atoms with van der Waals surface area (Å²) >= 11 is 1.72. The maximum atomic E-state index is 16.3. The van der Waals surface area contributed by atoms with Gasteiger partial charge in [0.25, 0.3) is 0 Å². The number of para-hydroxylation sites is 2. The maximum absolute atomic E-state index is 16.3. The van der Waals surface area contributed by atoms with E-state index in [1.54, 1.807) is 22.6 Å². The molecule has 3 aromatic heterocycles. The molecule has 0 spiro atoms. The SMILES string of the molecule is C=C1CC2C(CCc3ccc4c(sc5cc(F)c(-c6ccccc6)cc54)c3-c3n(-c4ccc(-c5ccccc5)cc4)c4ccccc4[n+]31)c1ccccc1-c1cc(CC(C)C)c([Si](C)(C)C)c[n+]12. The minimum Gasteiger partial charge on any atom is -0.206 e. The summed E-state index contributed by atoms with van der Waals surface area (Å²) in [5.41, 5.74) is 16.4. The summed E-state index contributed by atoms with van der Waals surface area (Å²) < 4.78 is 26.1. The molecule has 0 amide bonds. The number of hydrogen-bond acceptors (Lipinski definition) is 1. The number of rotatable bonds is 6. The molecule has 5 heterocycles. The number of thiophene rings is 1. The number of hydrogen-bond donors (Lipinski definition) is 0. The second kappa shape index (κ2) is 16.5. The van der Waals surface area contributed by atoms with Crippen LogP contribution in [-0.2, 0) is 12.8 Å². The molecule has 6 heteroatoms. The lowest BCUT2D eigenvalue weighted by Gasteiger charge is -2.33. The maximum Gasteiger partial charge on any atom is 0.301 e. The fourth-order valence-corrected chi connectivity index (χ4v) is 14.6. The Kier molecular flexibility index (Phi) is 10.3. The minimum atomic E-state index is -1.75. The zero-order valence-electron chi connectivity index (χ0n) is 39.6. The summed E-state index contributed by atoms with van der Waals surface area (Å²) in [5, 5.41) is 3.78. The van der Waals surface area contributed by atoms with Crippen molar-refractivity contribution in [3.63, 3.8) is 0 Å². The van der Waals surface area contributed by atoms with E-state index in [0.717, 1.165) is 75.0 Å². The fraction of sp³-hybridized carbons (Fsp3) is 0.194. The lowest BCUT2D eigenvalue weighted by molar-refractivity contribution is -0.719. The molecule has 0 aliphatic carbocycles. The number of aromatic nitrogens is 3. The zero-order valence-corrected chi connectivity index (χ0v) is 41.4. The molecule has 0 radical (unpaired) electrons. The molecule has 2 aliphatic heterocycles. The van der Waals surface area contributed by atoms with Crippen LogP contribution >= 0.6 is 11.3 Å². The second-order valence-corrected chi connectivity index (χ2v) is 26.7. The highest BCUT2D eigenvalue weighted by atomic mass is 32.1. The first-order chi connectivity index (χ1) is 33.0. The quantitative estimate of drug-likeness (QED) is 0.116. The van der Waals surface area contributed by atoms with Crippen molar-refractivity contribution in [2.45, 2.75) is 71.1 Å². The topological polar surface area (TPSA) is 12.7 Å². The van der Waals surface area contributed by atoms with E-state index in [1.807, 2.05) is 30.3 Å². The van der Waals surface area contributed by atoms with Crippen LogP contribution in [-0.4, -0.2) is 12.6 Å². The first-order valence-electron chi connectivity index (χ1n) is 24.3. The van der Waals surface area contributed by atoms with Gasteiger partial charge in [-0.3, -0.25) is 0 Å². The molecule has 0 fully saturated rings. The average molecular weight is 922 g/mol. The van der Waals surface area contributed by atoms with Crippen LogP contribution in [0, 0.1) is 11.7 Å². The Labute approximate surface area is 404 Å². The van der Waals surface area contributed by atoms with Gasteiger partial charge < -0.3 is 0 Å². The largest absolute Gasteiger partial charge is 0.301 e. The van der Waals surface area contributed by atoms with Crippen molar-refractivity contribution in [1.82, 2.24) is 4.57 Å². The van der Waals surface area contributed by atoms with Gasteiger partial charge in [-0.1, -0.05) is 155 Å². The van der Waals surface area contributed by atoms with Crippen LogP contribution in [0.3, 0.4) is 0 Å². The van der Waals surface area contributed by atoms with Crippen molar-refractivity contribution >= 4 is 61.5 Å². The summed E-state index contributed by atoms with van der Waals surface area (Å²) in [6.45, 7) is 17.4. The molecule has 2 atom stereocenters. The highest BCUT2D eigenvalue weighted by molar-refractivity contribution is 7.26. The van der Waals surface area contributed by atoms with Crippen molar-refractivity contribution < 1.29 is 13.5 Å². The van der Waals surface area contributed by atoms with Crippen LogP contribution < -0.4 is 14.3 Å². The molecule has 0 saturated heterocycles. The van der Waals surface area contributed by atoms with Crippen LogP contribution in [0.15, 0.2) is 177 Å². The van der Waals surface area contributed by atoms with Crippen molar-refractivity contribution in [3.05, 3.63) is 199 Å². The predicted octanol–water partition coefficient (Wildman–Crippen LogP) is 15.3. The summed E-state index contributed by atoms with van der Waals surface area (Å²) in [6.07, 6.45) is 6.28. The molecule has 2 unspecified atom stereocenters. The van der Waals surface area contributed by atoms with Crippen molar-refractivity contribution in [1.29, 1.82) is 0 Å². The van der Waals surface area contributed by atoms with Gasteiger partial charge in [0.2, 0.25) is 5.69 Å². The summed E-state index contributed by atoms with van der Waals surface area (Å²) in [7, 11) is -1.75. The molecule has 10 aromatic rings. The molecule has 3 nitrogen and oxygen atoms in total. The number of allylic oxidation sites excluding steroid dienone is 1. The molecule has 0 saturated carbocycles. The van der Waals surface area contributed by atoms with Gasteiger partial charge in [-0.25, -0.2) is 4.39 Å². The van der Waals surface area contributed by atoms with Crippen molar-refractivity contribution in [3.8, 4) is 50.6 Å². The number of aryl methyl sites for hydroxylation is 1. The molecule has 68 heavy (non-hydrogen) atoms. The van der Waals surface area contributed by atoms with E-state index in [9.17, 15) is 0 Å². The highest BCUT2D eigenvalue weighted by Gasteiger charge is 2.45. The Balaban J connectivity index is 1.14. The number of nitrogens with zero attached hydrogens (tertiary/aromatic N) is 3. The molecule has 334 valence electrons. The Morgan fingerprint density at radius 3 is 2.18 bits per heavy atom. The standard InChI is InChI=1S/C62H56FN3SSi/c1-39(2)33-45-35-57-48-22-14-13-21-47(48)49-31-27-44-28-32-50-52-36-51(43-19-11-8-12-20-43)53(63)37-58(52)67-61(50)60(44)62-65(40(3)34-56(49)64(57)38-59(45)68(4,5)6)54-23-15-16-24-55(54)66(62)46-29-25-42(26-30-46)41-17-9-7-10-18-41/h7-26,28-30,32,35-39,49,56H,3,27,31,33-34H2,1-2,4-6H3/q+2. The first kappa shape index (κ1) is 42.6. The Hall–Kier alpha value is -6.73. The smallest absolute Gasteiger partial charge is 0.206 e. The normalized spacial score (nSPS) is 15.8. The van der Waals surface area contributed by atoms with E-state index in [4.69, 9.17) is 6.58 Å². The third-order valence-electron chi connectivity index (χ3n) is 14.7. The number of benzene rings is 7. The van der Waals surface area contributed by atoms with Gasteiger partial charge in [-0.15, -0.1) is 11.3 Å². The van der Waals surface area contributed by atoms with E-state index in [-0.39, 0.29) is 17.8 Å². The molecular weight excluding hydrogens is 866 g/mol. The molecular formula is C62H56FN3SSi+2. The second-order valence-electron chi connectivity index (χ2n) is 20.6. The van der Waals surface area contributed by atoms with Crippen LogP contribution in [0.4, 0.5) is 4.39 Å². The minimum absolute atomic E-state index is 0.150. The predicted molar refractivity (Wildman–Crippen MR) is 286 cm³/mol. The number of fused-ring (bicyclic) bond motifs is 15. The van der Waals surface area contributed by atoms with Crippen LogP contribution in [0.1, 0.15) is 55.3 Å². The van der Waals surface area contributed by atoms with Crippen molar-refractivity contribution in [2.24, 2.45) is 5.92 Å². The highest BCUT2D eigenvalue weighted by Crippen LogP contribution is 2.49. The van der Waals surface area contributed by atoms with Crippen LogP contribution in [0.5, 0.6) is 0 Å². The van der Waals surface area contributed by atoms with E-state index in [0.29, 0.717) is 11.5 Å². The molecule has 0 N–H and O–H groups in total. The number of pyridine rings is 1. The third-order valence-corrected chi connectivity index (χ3v) is 18.0. The van der Waals surface area contributed by atoms with Gasteiger partial charge in [0.05, 0.1) is 24.8 Å². The van der Waals surface area contributed by atoms with E-state index < -0.39 is 8.07 Å². The molecule has 0 bridgehead atoms. The molecule has 2 aliphatic rings. The van der Waals surface area contributed by atoms with Crippen molar-refractivity contribution in [2.75, 3.05) is 0 Å². The van der Waals surface area contributed by atoms with E-state index >= 15 is 4.39 Å². The van der Waals surface area contributed by atoms with Gasteiger partial charge in [0.1, 0.15) is 17.2 Å². The summed E-state index contributed by atoms with van der Waals surface area (Å²) in [5.74, 6) is 1.71. The first-order valence-corrected chi connectivity index (χ1v) is 28.6. The monoisotopic (exact) mass is 921 g/mol. The third kappa shape index (κ3) is 7.02. The van der Waals surface area contributed by atoms with Gasteiger partial charge >= 0.3 is 5.82 Å². The van der Waals surface area contributed by atoms with Gasteiger partial charge in [0.15, 0.2) is 23.3 Å². The Morgan fingerprint density at radius 1 is 0.735 bits per heavy atom. The van der Waals surface area contributed by atoms with E-state index in [1.165, 1.54) is 49.3 Å². The van der Waals surface area contributed by atoms with Gasteiger partial charge in [-0.2, -0.15) is 13.7 Å². The van der Waals surface area contributed by atoms with Gasteiger partial charge in [0, 0.05) is 43.8 Å². The summed E-state index contributed by atoms with van der Waals surface area (Å²) in [6, 6.07) is 59.0. The molecule has 7 aromatic carbocycles. The van der Waals surface area contributed by atoms with Crippen LogP contribution in [0.2, 0.25) is 19.6 Å². The van der Waals surface area contributed by atoms with E-state index in [2.05, 4.69) is 181 Å². The molecule has 12 rings (SSSR count). The number of imidazole rings is 1. The van der Waals surface area contributed by atoms with Gasteiger partial charge in [-0.05, 0) is 101 Å². The average Bonchev–Trinajstić information content (AvgIpc) is 3.88. The summed E-state index contributed by atoms with van der Waals surface area (Å²) in [4.78, 5) is 0. The Bertz CT molecular complexity index is 3620. The lowest BCUT2D eigenvalue weighted by Crippen LogP contribution is -2.54. The Morgan fingerprint density at radius 2 is 1.43 bits per heavy atom. The fourth-order valence-electron chi connectivity index (χ4n) is 11.7.